The standard InChI is InChI=1S/C10H8F3NO2/c11-10(12,13)9(16)14-5-4-6-7(14)2-1-3-8(6)15/h1-3,15H,4-5H2. The average molecular weight is 231 g/mol. The van der Waals surface area contributed by atoms with Gasteiger partial charge < -0.3 is 10.0 Å². The molecule has 86 valence electrons. The smallest absolute Gasteiger partial charge is 0.471 e. The SMILES string of the molecule is O=C(N1CCc2c(O)cccc21)C(F)(F)F. The van der Waals surface area contributed by atoms with E-state index >= 15 is 0 Å². The minimum atomic E-state index is -4.88. The van der Waals surface area contributed by atoms with E-state index in [1.54, 1.807) is 0 Å². The number of halogens is 3. The second-order valence-corrected chi connectivity index (χ2v) is 3.48. The fourth-order valence-corrected chi connectivity index (χ4v) is 1.78. The Kier molecular flexibility index (Phi) is 2.29. The van der Waals surface area contributed by atoms with Crippen molar-refractivity contribution in [2.75, 3.05) is 11.4 Å². The van der Waals surface area contributed by atoms with E-state index in [0.717, 1.165) is 0 Å². The van der Waals surface area contributed by atoms with Gasteiger partial charge in [0.1, 0.15) is 5.75 Å². The third-order valence-corrected chi connectivity index (χ3v) is 2.49. The summed E-state index contributed by atoms with van der Waals surface area (Å²) in [6, 6.07) is 4.20. The highest BCUT2D eigenvalue weighted by atomic mass is 19.4. The molecule has 0 unspecified atom stereocenters. The molecular weight excluding hydrogens is 223 g/mol. The Bertz CT molecular complexity index is 442. The van der Waals surface area contributed by atoms with E-state index in [2.05, 4.69) is 0 Å². The normalized spacial score (nSPS) is 15.1. The number of rotatable bonds is 0. The third-order valence-electron chi connectivity index (χ3n) is 2.49. The van der Waals surface area contributed by atoms with Gasteiger partial charge in [-0.05, 0) is 18.6 Å². The van der Waals surface area contributed by atoms with Crippen molar-refractivity contribution >= 4 is 11.6 Å². The summed E-state index contributed by atoms with van der Waals surface area (Å²) in [6.07, 6.45) is -4.64. The van der Waals surface area contributed by atoms with Crippen LogP contribution in [0.4, 0.5) is 18.9 Å². The molecule has 0 radical (unpaired) electrons. The molecule has 2 rings (SSSR count). The zero-order chi connectivity index (χ0) is 11.9. The number of hydrogen-bond donors (Lipinski definition) is 1. The van der Waals surface area contributed by atoms with Crippen LogP contribution in [0.15, 0.2) is 18.2 Å². The molecule has 1 aliphatic rings. The van der Waals surface area contributed by atoms with Crippen LogP contribution in [0.1, 0.15) is 5.56 Å². The second kappa shape index (κ2) is 3.40. The molecule has 1 aromatic rings. The maximum atomic E-state index is 12.2. The van der Waals surface area contributed by atoms with Crippen molar-refractivity contribution in [1.82, 2.24) is 0 Å². The van der Waals surface area contributed by atoms with E-state index in [1.807, 2.05) is 0 Å². The number of fused-ring (bicyclic) bond motifs is 1. The Morgan fingerprint density at radius 2 is 2.06 bits per heavy atom. The summed E-state index contributed by atoms with van der Waals surface area (Å²) in [5, 5.41) is 9.41. The number of amides is 1. The van der Waals surface area contributed by atoms with Crippen LogP contribution >= 0.6 is 0 Å². The van der Waals surface area contributed by atoms with Crippen molar-refractivity contribution in [2.45, 2.75) is 12.6 Å². The van der Waals surface area contributed by atoms with Crippen LogP contribution in [-0.4, -0.2) is 23.7 Å². The molecule has 0 aromatic heterocycles. The second-order valence-electron chi connectivity index (χ2n) is 3.48. The lowest BCUT2D eigenvalue weighted by atomic mass is 10.1. The van der Waals surface area contributed by atoms with Crippen LogP contribution in [0, 0.1) is 0 Å². The molecule has 0 saturated carbocycles. The summed E-state index contributed by atoms with van der Waals surface area (Å²) in [5.41, 5.74) is 0.530. The zero-order valence-electron chi connectivity index (χ0n) is 8.08. The molecule has 1 amide bonds. The van der Waals surface area contributed by atoms with Crippen molar-refractivity contribution in [3.05, 3.63) is 23.8 Å². The number of carbonyl (C=O) groups is 1. The van der Waals surface area contributed by atoms with Crippen molar-refractivity contribution in [2.24, 2.45) is 0 Å². The van der Waals surface area contributed by atoms with Crippen LogP contribution < -0.4 is 4.90 Å². The quantitative estimate of drug-likeness (QED) is 0.740. The highest BCUT2D eigenvalue weighted by Crippen LogP contribution is 2.36. The first-order chi connectivity index (χ1) is 7.41. The maximum absolute atomic E-state index is 12.2. The third kappa shape index (κ3) is 1.60. The van der Waals surface area contributed by atoms with Crippen LogP contribution in [0.3, 0.4) is 0 Å². The van der Waals surface area contributed by atoms with Crippen LogP contribution in [0.25, 0.3) is 0 Å². The Hall–Kier alpha value is -1.72. The molecule has 0 fully saturated rings. The van der Waals surface area contributed by atoms with Gasteiger partial charge in [0.2, 0.25) is 0 Å². The lowest BCUT2D eigenvalue weighted by molar-refractivity contribution is -0.170. The van der Waals surface area contributed by atoms with Gasteiger partial charge in [-0.2, -0.15) is 13.2 Å². The van der Waals surface area contributed by atoms with Gasteiger partial charge in [-0.3, -0.25) is 4.79 Å². The molecule has 6 heteroatoms. The van der Waals surface area contributed by atoms with Crippen molar-refractivity contribution < 1.29 is 23.1 Å². The predicted molar refractivity (Wildman–Crippen MR) is 50.2 cm³/mol. The molecule has 16 heavy (non-hydrogen) atoms. The fraction of sp³-hybridized carbons (Fsp3) is 0.300. The number of nitrogens with zero attached hydrogens (tertiary/aromatic N) is 1. The van der Waals surface area contributed by atoms with Gasteiger partial charge in [0.15, 0.2) is 0 Å². The number of anilines is 1. The number of phenolic OH excluding ortho intramolecular Hbond substituents is 1. The monoisotopic (exact) mass is 231 g/mol. The number of carbonyl (C=O) groups excluding carboxylic acids is 1. The highest BCUT2D eigenvalue weighted by molar-refractivity contribution is 5.99. The van der Waals surface area contributed by atoms with Crippen molar-refractivity contribution in [1.29, 1.82) is 0 Å². The molecule has 1 aromatic carbocycles. The van der Waals surface area contributed by atoms with E-state index < -0.39 is 12.1 Å². The van der Waals surface area contributed by atoms with Gasteiger partial charge >= 0.3 is 12.1 Å². The van der Waals surface area contributed by atoms with Gasteiger partial charge in [0.25, 0.3) is 0 Å². The molecule has 1 N–H and O–H groups in total. The van der Waals surface area contributed by atoms with E-state index in [9.17, 15) is 23.1 Å². The summed E-state index contributed by atoms with van der Waals surface area (Å²) >= 11 is 0. The molecular formula is C10H8F3NO2. The minimum absolute atomic E-state index is 0.0503. The van der Waals surface area contributed by atoms with Gasteiger partial charge in [-0.15, -0.1) is 0 Å². The molecule has 0 saturated heterocycles. The summed E-state index contributed by atoms with van der Waals surface area (Å²) < 4.78 is 36.7. The zero-order valence-corrected chi connectivity index (χ0v) is 8.08. The Balaban J connectivity index is 2.38. The highest BCUT2D eigenvalue weighted by Gasteiger charge is 2.44. The number of hydrogen-bond acceptors (Lipinski definition) is 2. The number of alkyl halides is 3. The lowest BCUT2D eigenvalue weighted by Crippen LogP contribution is -2.40. The van der Waals surface area contributed by atoms with Crippen molar-refractivity contribution in [3.8, 4) is 5.75 Å². The Morgan fingerprint density at radius 1 is 1.38 bits per heavy atom. The summed E-state index contributed by atoms with van der Waals surface area (Å²) in [7, 11) is 0. The average Bonchev–Trinajstić information content (AvgIpc) is 2.60. The molecule has 0 aliphatic carbocycles. The molecule has 0 atom stereocenters. The van der Waals surface area contributed by atoms with Gasteiger partial charge in [0.05, 0.1) is 5.69 Å². The molecule has 0 spiro atoms. The summed E-state index contributed by atoms with van der Waals surface area (Å²) in [6.45, 7) is -0.0503. The summed E-state index contributed by atoms with van der Waals surface area (Å²) in [5.74, 6) is -1.97. The molecule has 1 aliphatic heterocycles. The predicted octanol–water partition coefficient (Wildman–Crippen LogP) is 1.84. The Labute approximate surface area is 89.1 Å². The summed E-state index contributed by atoms with van der Waals surface area (Å²) in [4.78, 5) is 11.7. The first kappa shape index (κ1) is 10.8. The van der Waals surface area contributed by atoms with E-state index in [4.69, 9.17) is 0 Å². The van der Waals surface area contributed by atoms with Gasteiger partial charge in [-0.25, -0.2) is 0 Å². The first-order valence-electron chi connectivity index (χ1n) is 4.61. The molecule has 0 bridgehead atoms. The van der Waals surface area contributed by atoms with E-state index in [-0.39, 0.29) is 24.4 Å². The number of phenols is 1. The van der Waals surface area contributed by atoms with Crippen molar-refractivity contribution in [3.63, 3.8) is 0 Å². The minimum Gasteiger partial charge on any atom is -0.508 e. The van der Waals surface area contributed by atoms with Crippen LogP contribution in [0.2, 0.25) is 0 Å². The maximum Gasteiger partial charge on any atom is 0.471 e. The van der Waals surface area contributed by atoms with Gasteiger partial charge in [-0.1, -0.05) is 6.07 Å². The Morgan fingerprint density at radius 3 is 2.69 bits per heavy atom. The van der Waals surface area contributed by atoms with Gasteiger partial charge in [0, 0.05) is 12.1 Å². The van der Waals surface area contributed by atoms with Crippen LogP contribution in [0.5, 0.6) is 5.75 Å². The van der Waals surface area contributed by atoms with Crippen LogP contribution in [-0.2, 0) is 11.2 Å². The number of aromatic hydroxyl groups is 1. The van der Waals surface area contributed by atoms with E-state index in [0.29, 0.717) is 10.5 Å². The largest absolute Gasteiger partial charge is 0.508 e. The number of benzene rings is 1. The molecule has 1 heterocycles. The fourth-order valence-electron chi connectivity index (χ4n) is 1.78. The molecule has 3 nitrogen and oxygen atoms in total. The van der Waals surface area contributed by atoms with E-state index in [1.165, 1.54) is 18.2 Å². The first-order valence-corrected chi connectivity index (χ1v) is 4.61. The lowest BCUT2D eigenvalue weighted by Gasteiger charge is -2.18. The topological polar surface area (TPSA) is 40.5 Å².